The van der Waals surface area contributed by atoms with Crippen molar-refractivity contribution in [3.8, 4) is 0 Å². The largest absolute Gasteiger partial charge is 0.422 e. The van der Waals surface area contributed by atoms with Gasteiger partial charge in [-0.05, 0) is 53.8 Å². The van der Waals surface area contributed by atoms with Crippen molar-refractivity contribution < 1.29 is 8.81 Å². The van der Waals surface area contributed by atoms with Gasteiger partial charge < -0.3 is 9.73 Å². The van der Waals surface area contributed by atoms with Gasteiger partial charge in [0.2, 0.25) is 0 Å². The maximum atomic E-state index is 13.4. The molecule has 0 fully saturated rings. The van der Waals surface area contributed by atoms with Gasteiger partial charge in [0.05, 0.1) is 6.04 Å². The average molecular weight is 387 g/mol. The van der Waals surface area contributed by atoms with Crippen LogP contribution < -0.4 is 10.9 Å². The normalized spacial score (nSPS) is 12.2. The van der Waals surface area contributed by atoms with Gasteiger partial charge in [-0.2, -0.15) is 0 Å². The Bertz CT molecular complexity index is 1200. The van der Waals surface area contributed by atoms with E-state index in [-0.39, 0.29) is 17.5 Å². The lowest BCUT2D eigenvalue weighted by Gasteiger charge is -2.20. The minimum Gasteiger partial charge on any atom is -0.422 e. The van der Waals surface area contributed by atoms with Crippen molar-refractivity contribution in [2.75, 3.05) is 0 Å². The van der Waals surface area contributed by atoms with Crippen molar-refractivity contribution >= 4 is 11.0 Å². The van der Waals surface area contributed by atoms with Crippen LogP contribution >= 0.6 is 0 Å². The zero-order valence-electron chi connectivity index (χ0n) is 16.4. The maximum Gasteiger partial charge on any atom is 0.336 e. The van der Waals surface area contributed by atoms with Crippen LogP contribution in [-0.2, 0) is 6.54 Å². The van der Waals surface area contributed by atoms with Gasteiger partial charge in [-0.3, -0.25) is 0 Å². The predicted octanol–water partition coefficient (Wildman–Crippen LogP) is 5.43. The van der Waals surface area contributed by atoms with Gasteiger partial charge in [-0.25, -0.2) is 9.18 Å². The van der Waals surface area contributed by atoms with E-state index < -0.39 is 0 Å². The zero-order chi connectivity index (χ0) is 20.4. The predicted molar refractivity (Wildman–Crippen MR) is 113 cm³/mol. The summed E-state index contributed by atoms with van der Waals surface area (Å²) in [6.07, 6.45) is 0. The first-order chi connectivity index (χ1) is 14.0. The lowest BCUT2D eigenvalue weighted by Crippen LogP contribution is -2.23. The van der Waals surface area contributed by atoms with Crippen LogP contribution in [0.1, 0.15) is 33.9 Å². The van der Waals surface area contributed by atoms with Gasteiger partial charge in [0.25, 0.3) is 0 Å². The SMILES string of the molecule is Cc1ccc2c(CNC(c3ccccc3)c3ccc(F)cc3)cc(=O)oc2c1C. The van der Waals surface area contributed by atoms with E-state index in [0.29, 0.717) is 12.1 Å². The van der Waals surface area contributed by atoms with Crippen LogP contribution in [0, 0.1) is 19.7 Å². The standard InChI is InChI=1S/C25H22FNO2/c1-16-8-13-22-20(14-23(28)29-25(22)17(16)2)15-27-24(18-6-4-3-5-7-18)19-9-11-21(26)12-10-19/h3-14,24,27H,15H2,1-2H3. The first-order valence-corrected chi connectivity index (χ1v) is 9.59. The molecule has 3 nitrogen and oxygen atoms in total. The molecule has 29 heavy (non-hydrogen) atoms. The Labute approximate surface area is 168 Å². The number of halogens is 1. The third-order valence-corrected chi connectivity index (χ3v) is 5.35. The Morgan fingerprint density at radius 2 is 1.62 bits per heavy atom. The lowest BCUT2D eigenvalue weighted by molar-refractivity contribution is 0.550. The molecular weight excluding hydrogens is 365 g/mol. The van der Waals surface area contributed by atoms with Crippen molar-refractivity contribution in [3.05, 3.63) is 117 Å². The van der Waals surface area contributed by atoms with E-state index >= 15 is 0 Å². The summed E-state index contributed by atoms with van der Waals surface area (Å²) in [5.74, 6) is -0.266. The van der Waals surface area contributed by atoms with E-state index in [1.807, 2.05) is 56.3 Å². The number of hydrogen-bond acceptors (Lipinski definition) is 3. The molecule has 4 heteroatoms. The number of nitrogens with one attached hydrogen (secondary N) is 1. The molecule has 3 aromatic carbocycles. The van der Waals surface area contributed by atoms with E-state index in [4.69, 9.17) is 4.42 Å². The number of benzene rings is 3. The summed E-state index contributed by atoms with van der Waals surface area (Å²) in [7, 11) is 0. The minimum atomic E-state index is -0.360. The van der Waals surface area contributed by atoms with Gasteiger partial charge in [-0.1, -0.05) is 54.6 Å². The fourth-order valence-electron chi connectivity index (χ4n) is 3.61. The van der Waals surface area contributed by atoms with Crippen LogP contribution in [0.2, 0.25) is 0 Å². The summed E-state index contributed by atoms with van der Waals surface area (Å²) >= 11 is 0. The highest BCUT2D eigenvalue weighted by Gasteiger charge is 2.16. The van der Waals surface area contributed by atoms with Crippen LogP contribution in [0.25, 0.3) is 11.0 Å². The second-order valence-electron chi connectivity index (χ2n) is 7.25. The monoisotopic (exact) mass is 387 g/mol. The Morgan fingerprint density at radius 1 is 0.931 bits per heavy atom. The number of rotatable bonds is 5. The molecular formula is C25H22FNO2. The van der Waals surface area contributed by atoms with Crippen LogP contribution in [0.15, 0.2) is 82.0 Å². The number of hydrogen-bond donors (Lipinski definition) is 1. The van der Waals surface area contributed by atoms with Gasteiger partial charge in [0.15, 0.2) is 0 Å². The highest BCUT2D eigenvalue weighted by molar-refractivity contribution is 5.83. The summed E-state index contributed by atoms with van der Waals surface area (Å²) in [6.45, 7) is 4.43. The van der Waals surface area contributed by atoms with Crippen LogP contribution in [0.3, 0.4) is 0 Å². The van der Waals surface area contributed by atoms with Crippen LogP contribution in [0.4, 0.5) is 4.39 Å². The third kappa shape index (κ3) is 3.98. The molecule has 0 saturated heterocycles. The molecule has 0 aliphatic carbocycles. The summed E-state index contributed by atoms with van der Waals surface area (Å²) in [4.78, 5) is 12.2. The van der Waals surface area contributed by atoms with E-state index in [1.165, 1.54) is 18.2 Å². The number of fused-ring (bicyclic) bond motifs is 1. The fourth-order valence-corrected chi connectivity index (χ4v) is 3.61. The second-order valence-corrected chi connectivity index (χ2v) is 7.25. The molecule has 0 spiro atoms. The van der Waals surface area contributed by atoms with Gasteiger partial charge >= 0.3 is 5.63 Å². The van der Waals surface area contributed by atoms with Crippen molar-refractivity contribution in [2.45, 2.75) is 26.4 Å². The fraction of sp³-hybridized carbons (Fsp3) is 0.160. The highest BCUT2D eigenvalue weighted by atomic mass is 19.1. The van der Waals surface area contributed by atoms with E-state index in [2.05, 4.69) is 5.32 Å². The molecule has 0 aliphatic heterocycles. The van der Waals surface area contributed by atoms with Crippen LogP contribution in [-0.4, -0.2) is 0 Å². The molecule has 0 bridgehead atoms. The molecule has 0 radical (unpaired) electrons. The summed E-state index contributed by atoms with van der Waals surface area (Å²) in [5, 5.41) is 4.46. The lowest BCUT2D eigenvalue weighted by atomic mass is 9.97. The summed E-state index contributed by atoms with van der Waals surface area (Å²) < 4.78 is 18.9. The molecule has 1 aromatic heterocycles. The maximum absolute atomic E-state index is 13.4. The Hall–Kier alpha value is -3.24. The summed E-state index contributed by atoms with van der Waals surface area (Å²) in [6, 6.07) is 21.9. The molecule has 4 aromatic rings. The van der Waals surface area contributed by atoms with Gasteiger partial charge in [0.1, 0.15) is 11.4 Å². The first kappa shape index (κ1) is 19.1. The minimum absolute atomic E-state index is 0.134. The molecule has 4 rings (SSSR count). The Kier molecular flexibility index (Phi) is 5.28. The Balaban J connectivity index is 1.72. The van der Waals surface area contributed by atoms with Crippen molar-refractivity contribution in [3.63, 3.8) is 0 Å². The van der Waals surface area contributed by atoms with Crippen molar-refractivity contribution in [1.82, 2.24) is 5.32 Å². The molecule has 0 saturated carbocycles. The summed E-state index contributed by atoms with van der Waals surface area (Å²) in [5.41, 5.74) is 5.23. The smallest absolute Gasteiger partial charge is 0.336 e. The Morgan fingerprint density at radius 3 is 2.34 bits per heavy atom. The van der Waals surface area contributed by atoms with E-state index in [1.54, 1.807) is 12.1 Å². The highest BCUT2D eigenvalue weighted by Crippen LogP contribution is 2.26. The zero-order valence-corrected chi connectivity index (χ0v) is 16.4. The molecule has 1 N–H and O–H groups in total. The van der Waals surface area contributed by atoms with Gasteiger partial charge in [-0.15, -0.1) is 0 Å². The number of aryl methyl sites for hydroxylation is 2. The van der Waals surface area contributed by atoms with Crippen molar-refractivity contribution in [2.24, 2.45) is 0 Å². The van der Waals surface area contributed by atoms with E-state index in [0.717, 1.165) is 33.2 Å². The average Bonchev–Trinajstić information content (AvgIpc) is 2.73. The van der Waals surface area contributed by atoms with Gasteiger partial charge in [0, 0.05) is 18.0 Å². The van der Waals surface area contributed by atoms with E-state index in [9.17, 15) is 9.18 Å². The second kappa shape index (κ2) is 8.02. The molecule has 146 valence electrons. The topological polar surface area (TPSA) is 42.2 Å². The van der Waals surface area contributed by atoms with Crippen LogP contribution in [0.5, 0.6) is 0 Å². The molecule has 1 atom stereocenters. The third-order valence-electron chi connectivity index (χ3n) is 5.35. The quantitative estimate of drug-likeness (QED) is 0.465. The first-order valence-electron chi connectivity index (χ1n) is 9.59. The molecule has 1 heterocycles. The molecule has 1 unspecified atom stereocenters. The molecule has 0 aliphatic rings. The van der Waals surface area contributed by atoms with Crippen molar-refractivity contribution in [1.29, 1.82) is 0 Å². The molecule has 0 amide bonds.